The molecule has 0 saturated carbocycles. The summed E-state index contributed by atoms with van der Waals surface area (Å²) in [6.07, 6.45) is 2.95. The van der Waals surface area contributed by atoms with Gasteiger partial charge in [-0.25, -0.2) is 19.2 Å². The van der Waals surface area contributed by atoms with Gasteiger partial charge in [0.15, 0.2) is 11.6 Å². The first kappa shape index (κ1) is 23.1. The molecule has 13 nitrogen and oxygen atoms in total. The van der Waals surface area contributed by atoms with Gasteiger partial charge in [0.1, 0.15) is 5.82 Å². The quantitative estimate of drug-likeness (QED) is 0.326. The summed E-state index contributed by atoms with van der Waals surface area (Å²) in [6, 6.07) is 1.42. The number of hydrogen-bond acceptors (Lipinski definition) is 10. The van der Waals surface area contributed by atoms with Crippen LogP contribution in [-0.4, -0.2) is 66.0 Å². The second-order valence-electron chi connectivity index (χ2n) is 8.11. The first-order chi connectivity index (χ1) is 16.4. The highest BCUT2D eigenvalue weighted by molar-refractivity contribution is 5.64. The van der Waals surface area contributed by atoms with Crippen LogP contribution in [-0.2, 0) is 0 Å². The zero-order chi connectivity index (χ0) is 24.1. The fraction of sp³-hybridized carbons (Fsp3) is 0.450. The van der Waals surface area contributed by atoms with Gasteiger partial charge in [0, 0.05) is 31.4 Å². The van der Waals surface area contributed by atoms with E-state index < -0.39 is 18.0 Å². The number of amides is 1. The number of aromatic amines is 1. The summed E-state index contributed by atoms with van der Waals surface area (Å²) >= 11 is 0. The van der Waals surface area contributed by atoms with Gasteiger partial charge < -0.3 is 26.0 Å². The number of nitrogens with zero attached hydrogens (tertiary/aromatic N) is 7. The van der Waals surface area contributed by atoms with Crippen LogP contribution < -0.4 is 20.9 Å². The normalized spacial score (nSPS) is 16.7. The highest BCUT2D eigenvalue weighted by atomic mass is 19.1. The smallest absolute Gasteiger partial charge is 0.404 e. The predicted molar refractivity (Wildman–Crippen MR) is 121 cm³/mol. The van der Waals surface area contributed by atoms with Crippen molar-refractivity contribution in [2.24, 2.45) is 5.92 Å². The van der Waals surface area contributed by atoms with Crippen molar-refractivity contribution in [1.29, 1.82) is 0 Å². The van der Waals surface area contributed by atoms with Crippen molar-refractivity contribution < 1.29 is 14.3 Å². The van der Waals surface area contributed by atoms with Crippen LogP contribution in [0.1, 0.15) is 37.3 Å². The maximum absolute atomic E-state index is 13.2. The Kier molecular flexibility index (Phi) is 6.94. The van der Waals surface area contributed by atoms with Crippen molar-refractivity contribution in [1.82, 2.24) is 40.4 Å². The first-order valence-corrected chi connectivity index (χ1v) is 10.9. The number of carboxylic acid groups (broad SMARTS) is 1. The van der Waals surface area contributed by atoms with Crippen molar-refractivity contribution in [3.05, 3.63) is 35.8 Å². The molecule has 0 aliphatic carbocycles. The molecule has 1 aliphatic heterocycles. The zero-order valence-corrected chi connectivity index (χ0v) is 18.8. The molecule has 3 aromatic heterocycles. The van der Waals surface area contributed by atoms with E-state index >= 15 is 0 Å². The molecular formula is C20H26FN11O2. The van der Waals surface area contributed by atoms with E-state index in [9.17, 15) is 9.18 Å². The molecule has 34 heavy (non-hydrogen) atoms. The molecule has 0 aromatic carbocycles. The second kappa shape index (κ2) is 10.2. The number of aryl methyl sites for hydroxylation is 1. The molecule has 4 rings (SSSR count). The van der Waals surface area contributed by atoms with Gasteiger partial charge in [-0.2, -0.15) is 20.1 Å². The van der Waals surface area contributed by atoms with Crippen LogP contribution in [0.4, 0.5) is 32.8 Å². The van der Waals surface area contributed by atoms with Gasteiger partial charge in [-0.1, -0.05) is 0 Å². The maximum atomic E-state index is 13.2. The molecule has 0 bridgehead atoms. The predicted octanol–water partition coefficient (Wildman–Crippen LogP) is 2.23. The Morgan fingerprint density at radius 3 is 2.76 bits per heavy atom. The van der Waals surface area contributed by atoms with E-state index in [1.807, 2.05) is 24.8 Å². The number of carbonyl (C=O) groups is 1. The summed E-state index contributed by atoms with van der Waals surface area (Å²) in [6.45, 7) is 5.38. The summed E-state index contributed by atoms with van der Waals surface area (Å²) in [7, 11) is 0. The highest BCUT2D eigenvalue weighted by Crippen LogP contribution is 2.24. The van der Waals surface area contributed by atoms with E-state index in [0.29, 0.717) is 30.7 Å². The monoisotopic (exact) mass is 471 g/mol. The van der Waals surface area contributed by atoms with E-state index in [0.717, 1.165) is 37.5 Å². The van der Waals surface area contributed by atoms with Crippen LogP contribution in [0.3, 0.4) is 0 Å². The van der Waals surface area contributed by atoms with Gasteiger partial charge >= 0.3 is 6.09 Å². The molecule has 5 N–H and O–H groups in total. The van der Waals surface area contributed by atoms with E-state index in [1.54, 1.807) is 0 Å². The van der Waals surface area contributed by atoms with E-state index in [4.69, 9.17) is 5.11 Å². The largest absolute Gasteiger partial charge is 0.465 e. The third-order valence-electron chi connectivity index (χ3n) is 5.29. The lowest BCUT2D eigenvalue weighted by Crippen LogP contribution is -2.41. The molecule has 0 unspecified atom stereocenters. The standard InChI is InChI=1S/C20H26FN11O2/c1-11-6-15(31-30-11)26-18-27-17(25-12(2)16-22-8-14(21)9-23-16)28-19(29-18)32-5-3-4-13(10-32)7-24-20(33)34/h6,8-9,12-13,24H,3-5,7,10H2,1-2H3,(H,33,34)(H3,25,26,27,28,29,30,31)/t12-,13+/m0/s1. The van der Waals surface area contributed by atoms with Gasteiger partial charge in [0.25, 0.3) is 0 Å². The highest BCUT2D eigenvalue weighted by Gasteiger charge is 2.24. The number of aromatic nitrogens is 7. The molecule has 14 heteroatoms. The average molecular weight is 472 g/mol. The van der Waals surface area contributed by atoms with Crippen LogP contribution in [0.25, 0.3) is 0 Å². The fourth-order valence-electron chi connectivity index (χ4n) is 3.67. The summed E-state index contributed by atoms with van der Waals surface area (Å²) < 4.78 is 13.2. The molecule has 0 radical (unpaired) electrons. The van der Waals surface area contributed by atoms with Crippen LogP contribution in [0.15, 0.2) is 18.5 Å². The summed E-state index contributed by atoms with van der Waals surface area (Å²) in [5.74, 6) is 1.57. The minimum absolute atomic E-state index is 0.134. The summed E-state index contributed by atoms with van der Waals surface area (Å²) in [5, 5.41) is 24.6. The summed E-state index contributed by atoms with van der Waals surface area (Å²) in [5.41, 5.74) is 0.877. The van der Waals surface area contributed by atoms with Gasteiger partial charge in [0.05, 0.1) is 18.4 Å². The minimum Gasteiger partial charge on any atom is -0.465 e. The minimum atomic E-state index is -1.04. The van der Waals surface area contributed by atoms with Crippen molar-refractivity contribution in [3.63, 3.8) is 0 Å². The van der Waals surface area contributed by atoms with Crippen LogP contribution >= 0.6 is 0 Å². The Balaban J connectivity index is 1.57. The number of nitrogens with one attached hydrogen (secondary N) is 4. The maximum Gasteiger partial charge on any atom is 0.404 e. The van der Waals surface area contributed by atoms with Crippen LogP contribution in [0.2, 0.25) is 0 Å². The number of hydrogen-bond donors (Lipinski definition) is 5. The van der Waals surface area contributed by atoms with Gasteiger partial charge in [-0.05, 0) is 32.6 Å². The molecule has 1 aliphatic rings. The topological polar surface area (TPSA) is 170 Å². The summed E-state index contributed by atoms with van der Waals surface area (Å²) in [4.78, 5) is 34.5. The molecular weight excluding hydrogens is 445 g/mol. The number of halogens is 1. The number of piperidine rings is 1. The molecule has 1 fully saturated rings. The Bertz CT molecular complexity index is 1120. The number of H-pyrrole nitrogens is 1. The molecule has 2 atom stereocenters. The number of rotatable bonds is 8. The van der Waals surface area contributed by atoms with Crippen molar-refractivity contribution in [3.8, 4) is 0 Å². The molecule has 4 heterocycles. The lowest BCUT2D eigenvalue weighted by molar-refractivity contribution is 0.191. The lowest BCUT2D eigenvalue weighted by Gasteiger charge is -2.32. The van der Waals surface area contributed by atoms with Crippen molar-refractivity contribution >= 4 is 29.8 Å². The lowest BCUT2D eigenvalue weighted by atomic mass is 9.98. The van der Waals surface area contributed by atoms with Crippen molar-refractivity contribution in [2.45, 2.75) is 32.7 Å². The van der Waals surface area contributed by atoms with Gasteiger partial charge in [0.2, 0.25) is 17.8 Å². The van der Waals surface area contributed by atoms with Gasteiger partial charge in [-0.15, -0.1) is 0 Å². The van der Waals surface area contributed by atoms with E-state index in [1.165, 1.54) is 0 Å². The SMILES string of the molecule is Cc1cc(Nc2nc(N[C@@H](C)c3ncc(F)cn3)nc(N3CCC[C@H](CNC(=O)O)C3)n2)n[nH]1. The van der Waals surface area contributed by atoms with E-state index in [-0.39, 0.29) is 17.8 Å². The van der Waals surface area contributed by atoms with Crippen LogP contribution in [0, 0.1) is 18.7 Å². The molecule has 1 saturated heterocycles. The average Bonchev–Trinajstić information content (AvgIpc) is 3.22. The zero-order valence-electron chi connectivity index (χ0n) is 18.8. The molecule has 0 spiro atoms. The first-order valence-electron chi connectivity index (χ1n) is 10.9. The molecule has 3 aromatic rings. The second-order valence-corrected chi connectivity index (χ2v) is 8.11. The van der Waals surface area contributed by atoms with Gasteiger partial charge in [-0.3, -0.25) is 5.10 Å². The Labute approximate surface area is 194 Å². The third kappa shape index (κ3) is 6.02. The molecule has 180 valence electrons. The van der Waals surface area contributed by atoms with Crippen LogP contribution in [0.5, 0.6) is 0 Å². The fourth-order valence-corrected chi connectivity index (χ4v) is 3.67. The Morgan fingerprint density at radius 1 is 1.29 bits per heavy atom. The van der Waals surface area contributed by atoms with E-state index in [2.05, 4.69) is 51.1 Å². The Hall–Kier alpha value is -4.10. The Morgan fingerprint density at radius 2 is 2.06 bits per heavy atom. The van der Waals surface area contributed by atoms with Crippen molar-refractivity contribution in [2.75, 3.05) is 35.2 Å². The third-order valence-corrected chi connectivity index (χ3v) is 5.29. The number of anilines is 4. The molecule has 1 amide bonds.